The Kier molecular flexibility index (Phi) is 1.67. The Morgan fingerprint density at radius 1 is 1.62 bits per heavy atom. The molecule has 42 valence electrons. The summed E-state index contributed by atoms with van der Waals surface area (Å²) in [6.45, 7) is 0. The van der Waals surface area contributed by atoms with Crippen LogP contribution in [0.1, 0.15) is 0 Å². The Morgan fingerprint density at radius 3 is 2.75 bits per heavy atom. The van der Waals surface area contributed by atoms with Crippen LogP contribution in [0.5, 0.6) is 0 Å². The van der Waals surface area contributed by atoms with Crippen LogP contribution in [0.2, 0.25) is 0 Å². The van der Waals surface area contributed by atoms with Crippen molar-refractivity contribution < 1.29 is 4.42 Å². The monoisotopic (exact) mass is 222 g/mol. The average molecular weight is 222 g/mol. The second kappa shape index (κ2) is 2.30. The highest BCUT2D eigenvalue weighted by Crippen LogP contribution is 1.96. The molecule has 1 aromatic rings. The standard InChI is InChI=1S/C5H3IO2/c6-5-3-4(7)1-2-8-5/h1-3H. The zero-order valence-electron chi connectivity index (χ0n) is 3.93. The molecule has 0 aliphatic carbocycles. The van der Waals surface area contributed by atoms with Crippen molar-refractivity contribution in [1.82, 2.24) is 0 Å². The SMILES string of the molecule is O=c1ccoc(I)c1. The van der Waals surface area contributed by atoms with Crippen molar-refractivity contribution in [3.8, 4) is 0 Å². The molecule has 0 aromatic carbocycles. The van der Waals surface area contributed by atoms with E-state index < -0.39 is 0 Å². The van der Waals surface area contributed by atoms with Crippen LogP contribution in [-0.4, -0.2) is 0 Å². The summed E-state index contributed by atoms with van der Waals surface area (Å²) in [4.78, 5) is 10.4. The summed E-state index contributed by atoms with van der Waals surface area (Å²) in [5, 5.41) is 0. The maximum absolute atomic E-state index is 10.4. The van der Waals surface area contributed by atoms with Gasteiger partial charge < -0.3 is 4.42 Å². The molecule has 1 rings (SSSR count). The Bertz CT molecular complexity index is 228. The van der Waals surface area contributed by atoms with Gasteiger partial charge in [0.25, 0.3) is 0 Å². The van der Waals surface area contributed by atoms with E-state index in [1.807, 2.05) is 22.6 Å². The molecule has 0 atom stereocenters. The van der Waals surface area contributed by atoms with Crippen molar-refractivity contribution in [2.45, 2.75) is 0 Å². The predicted molar refractivity (Wildman–Crippen MR) is 37.7 cm³/mol. The third-order valence-electron chi connectivity index (χ3n) is 0.669. The molecule has 0 aliphatic heterocycles. The van der Waals surface area contributed by atoms with E-state index in [2.05, 4.69) is 0 Å². The van der Waals surface area contributed by atoms with Gasteiger partial charge in [-0.2, -0.15) is 0 Å². The highest BCUT2D eigenvalue weighted by Gasteiger charge is 1.84. The lowest BCUT2D eigenvalue weighted by Gasteiger charge is -1.81. The van der Waals surface area contributed by atoms with E-state index in [1.54, 1.807) is 0 Å². The highest BCUT2D eigenvalue weighted by atomic mass is 127. The van der Waals surface area contributed by atoms with Crippen molar-refractivity contribution in [1.29, 1.82) is 0 Å². The maximum atomic E-state index is 10.4. The summed E-state index contributed by atoms with van der Waals surface area (Å²) < 4.78 is 5.42. The molecule has 1 heterocycles. The van der Waals surface area contributed by atoms with Gasteiger partial charge in [0.2, 0.25) is 0 Å². The van der Waals surface area contributed by atoms with Crippen LogP contribution in [0.3, 0.4) is 0 Å². The Morgan fingerprint density at radius 2 is 2.38 bits per heavy atom. The lowest BCUT2D eigenvalue weighted by Crippen LogP contribution is -1.93. The molecule has 0 bridgehead atoms. The van der Waals surface area contributed by atoms with Gasteiger partial charge in [0.1, 0.15) is 0 Å². The van der Waals surface area contributed by atoms with Crippen molar-refractivity contribution in [3.05, 3.63) is 32.4 Å². The molecule has 0 N–H and O–H groups in total. The number of halogens is 1. The molecular formula is C5H3IO2. The Balaban J connectivity index is 3.28. The van der Waals surface area contributed by atoms with E-state index in [-0.39, 0.29) is 5.43 Å². The fourth-order valence-electron chi connectivity index (χ4n) is 0.360. The molecular weight excluding hydrogens is 219 g/mol. The van der Waals surface area contributed by atoms with Gasteiger partial charge >= 0.3 is 0 Å². The summed E-state index contributed by atoms with van der Waals surface area (Å²) in [6, 6.07) is 2.81. The zero-order chi connectivity index (χ0) is 5.98. The van der Waals surface area contributed by atoms with Crippen LogP contribution >= 0.6 is 22.6 Å². The van der Waals surface area contributed by atoms with Gasteiger partial charge in [0.05, 0.1) is 6.26 Å². The van der Waals surface area contributed by atoms with Gasteiger partial charge in [-0.25, -0.2) is 0 Å². The van der Waals surface area contributed by atoms with Gasteiger partial charge in [0.15, 0.2) is 9.20 Å². The molecule has 0 amide bonds. The summed E-state index contributed by atoms with van der Waals surface area (Å²) in [6.07, 6.45) is 1.38. The first-order chi connectivity index (χ1) is 3.79. The van der Waals surface area contributed by atoms with E-state index in [4.69, 9.17) is 4.42 Å². The van der Waals surface area contributed by atoms with E-state index in [9.17, 15) is 4.79 Å². The molecule has 8 heavy (non-hydrogen) atoms. The molecule has 0 saturated carbocycles. The fraction of sp³-hybridized carbons (Fsp3) is 0. The van der Waals surface area contributed by atoms with Gasteiger partial charge in [-0.1, -0.05) is 0 Å². The lowest BCUT2D eigenvalue weighted by atomic mass is 10.5. The average Bonchev–Trinajstić information content (AvgIpc) is 1.64. The molecule has 1 aromatic heterocycles. The van der Waals surface area contributed by atoms with E-state index in [1.165, 1.54) is 18.4 Å². The van der Waals surface area contributed by atoms with Crippen molar-refractivity contribution in [2.75, 3.05) is 0 Å². The minimum Gasteiger partial charge on any atom is -0.458 e. The summed E-state index contributed by atoms with van der Waals surface area (Å²) in [7, 11) is 0. The fourth-order valence-corrected chi connectivity index (χ4v) is 0.814. The molecule has 0 saturated heterocycles. The first-order valence-electron chi connectivity index (χ1n) is 2.03. The molecule has 0 radical (unpaired) electrons. The van der Waals surface area contributed by atoms with Crippen molar-refractivity contribution in [3.63, 3.8) is 0 Å². The van der Waals surface area contributed by atoms with Crippen molar-refractivity contribution >= 4 is 22.6 Å². The third kappa shape index (κ3) is 1.33. The molecule has 0 spiro atoms. The van der Waals surface area contributed by atoms with Crippen molar-refractivity contribution in [2.24, 2.45) is 0 Å². The largest absolute Gasteiger partial charge is 0.458 e. The van der Waals surface area contributed by atoms with Crippen LogP contribution in [-0.2, 0) is 0 Å². The lowest BCUT2D eigenvalue weighted by molar-refractivity contribution is 0.518. The smallest absolute Gasteiger partial charge is 0.185 e. The number of rotatable bonds is 0. The van der Waals surface area contributed by atoms with Crippen LogP contribution < -0.4 is 5.43 Å². The third-order valence-corrected chi connectivity index (χ3v) is 1.23. The Labute approximate surface area is 59.7 Å². The van der Waals surface area contributed by atoms with Gasteiger partial charge in [-0.15, -0.1) is 0 Å². The summed E-state index contributed by atoms with van der Waals surface area (Å²) in [5.74, 6) is 0. The second-order valence-electron chi connectivity index (χ2n) is 1.27. The van der Waals surface area contributed by atoms with Crippen LogP contribution in [0.4, 0.5) is 0 Å². The minimum absolute atomic E-state index is 0.0133. The number of hydrogen-bond donors (Lipinski definition) is 0. The predicted octanol–water partition coefficient (Wildman–Crippen LogP) is 1.24. The molecule has 0 fully saturated rings. The second-order valence-corrected chi connectivity index (χ2v) is 2.33. The molecule has 2 nitrogen and oxygen atoms in total. The molecule has 3 heteroatoms. The minimum atomic E-state index is -0.0133. The summed E-state index contributed by atoms with van der Waals surface area (Å²) in [5.41, 5.74) is -0.0133. The highest BCUT2D eigenvalue weighted by molar-refractivity contribution is 14.1. The summed E-state index contributed by atoms with van der Waals surface area (Å²) >= 11 is 1.94. The van der Waals surface area contributed by atoms with Crippen LogP contribution in [0.15, 0.2) is 27.6 Å². The first kappa shape index (κ1) is 5.81. The number of hydrogen-bond acceptors (Lipinski definition) is 2. The zero-order valence-corrected chi connectivity index (χ0v) is 6.08. The van der Waals surface area contributed by atoms with E-state index >= 15 is 0 Å². The molecule has 0 aliphatic rings. The van der Waals surface area contributed by atoms with Crippen LogP contribution in [0, 0.1) is 3.77 Å². The van der Waals surface area contributed by atoms with E-state index in [0.29, 0.717) is 3.77 Å². The van der Waals surface area contributed by atoms with Gasteiger partial charge in [0, 0.05) is 12.1 Å². The first-order valence-corrected chi connectivity index (χ1v) is 3.11. The topological polar surface area (TPSA) is 30.2 Å². The normalized spacial score (nSPS) is 9.12. The van der Waals surface area contributed by atoms with E-state index in [0.717, 1.165) is 0 Å². The van der Waals surface area contributed by atoms with Gasteiger partial charge in [-0.3, -0.25) is 4.79 Å². The van der Waals surface area contributed by atoms with Gasteiger partial charge in [-0.05, 0) is 22.6 Å². The Hall–Kier alpha value is -0.320. The van der Waals surface area contributed by atoms with Crippen LogP contribution in [0.25, 0.3) is 0 Å². The maximum Gasteiger partial charge on any atom is 0.185 e. The quantitative estimate of drug-likeness (QED) is 0.618. The molecule has 0 unspecified atom stereocenters.